The Morgan fingerprint density at radius 3 is 2.88 bits per heavy atom. The average molecular weight is 231 g/mol. The smallest absolute Gasteiger partial charge is 0.296 e. The lowest BCUT2D eigenvalue weighted by Gasteiger charge is -2.00. The minimum Gasteiger partial charge on any atom is -0.393 e. The maximum Gasteiger partial charge on any atom is 0.296 e. The number of aryl methyl sites for hydroxylation is 1. The topological polar surface area (TPSA) is 89.6 Å². The minimum absolute atomic E-state index is 0.231. The molecule has 0 aromatic carbocycles. The van der Waals surface area contributed by atoms with E-state index >= 15 is 0 Å². The van der Waals surface area contributed by atoms with Gasteiger partial charge in [0.2, 0.25) is 0 Å². The van der Waals surface area contributed by atoms with Gasteiger partial charge in [0.15, 0.2) is 5.82 Å². The molecule has 0 unspecified atom stereocenters. The van der Waals surface area contributed by atoms with Gasteiger partial charge >= 0.3 is 0 Å². The zero-order chi connectivity index (χ0) is 12.0. The molecule has 3 rings (SSSR count). The van der Waals surface area contributed by atoms with Gasteiger partial charge in [-0.2, -0.15) is 4.68 Å². The molecule has 2 heterocycles. The zero-order valence-electron chi connectivity index (χ0n) is 9.47. The average Bonchev–Trinajstić information content (AvgIpc) is 3.09. The molecule has 6 nitrogen and oxygen atoms in total. The number of hydrogen-bond donors (Lipinski definition) is 2. The summed E-state index contributed by atoms with van der Waals surface area (Å²) >= 11 is 0. The van der Waals surface area contributed by atoms with Crippen LogP contribution in [0.5, 0.6) is 0 Å². The van der Waals surface area contributed by atoms with Crippen molar-refractivity contribution in [2.24, 2.45) is 0 Å². The van der Waals surface area contributed by atoms with E-state index in [-0.39, 0.29) is 5.56 Å². The molecule has 2 aromatic rings. The highest BCUT2D eigenvalue weighted by Crippen LogP contribution is 2.40. The molecule has 1 saturated carbocycles. The van der Waals surface area contributed by atoms with Crippen molar-refractivity contribution in [3.8, 4) is 5.82 Å². The van der Waals surface area contributed by atoms with Crippen LogP contribution in [0.15, 0.2) is 17.2 Å². The molecule has 2 aromatic heterocycles. The van der Waals surface area contributed by atoms with Crippen LogP contribution >= 0.6 is 0 Å². The Kier molecular flexibility index (Phi) is 2.04. The Morgan fingerprint density at radius 2 is 2.24 bits per heavy atom. The number of rotatable bonds is 2. The van der Waals surface area contributed by atoms with Crippen LogP contribution in [0.2, 0.25) is 0 Å². The highest BCUT2D eigenvalue weighted by Gasteiger charge is 2.29. The van der Waals surface area contributed by atoms with E-state index in [1.165, 1.54) is 11.0 Å². The molecular formula is C11H13N5O. The van der Waals surface area contributed by atoms with Gasteiger partial charge in [0, 0.05) is 17.7 Å². The predicted molar refractivity (Wildman–Crippen MR) is 63.1 cm³/mol. The van der Waals surface area contributed by atoms with Crippen LogP contribution < -0.4 is 11.3 Å². The summed E-state index contributed by atoms with van der Waals surface area (Å²) in [4.78, 5) is 20.0. The fourth-order valence-corrected chi connectivity index (χ4v) is 1.87. The Balaban J connectivity index is 2.15. The summed E-state index contributed by atoms with van der Waals surface area (Å²) < 4.78 is 1.39. The zero-order valence-corrected chi connectivity index (χ0v) is 9.47. The van der Waals surface area contributed by atoms with Gasteiger partial charge in [-0.3, -0.25) is 9.89 Å². The van der Waals surface area contributed by atoms with Gasteiger partial charge in [0.1, 0.15) is 12.0 Å². The van der Waals surface area contributed by atoms with Crippen LogP contribution in [0.3, 0.4) is 0 Å². The van der Waals surface area contributed by atoms with E-state index in [4.69, 9.17) is 5.73 Å². The van der Waals surface area contributed by atoms with Crippen LogP contribution in [0, 0.1) is 6.92 Å². The Hall–Kier alpha value is -2.11. The standard InChI is InChI=1S/C11H13N5O/c1-6-4-8(14-5-13-6)16-11(17)9(12)10(15-16)7-2-3-7/h4-5,7,15H,2-3,12H2,1H3. The quantitative estimate of drug-likeness (QED) is 0.797. The first kappa shape index (κ1) is 10.1. The number of nitrogens with two attached hydrogens (primary N) is 1. The molecule has 0 radical (unpaired) electrons. The predicted octanol–water partition coefficient (Wildman–Crippen LogP) is 0.724. The summed E-state index contributed by atoms with van der Waals surface area (Å²) in [6.45, 7) is 1.85. The molecule has 3 N–H and O–H groups in total. The lowest BCUT2D eigenvalue weighted by molar-refractivity contribution is 0.784. The van der Waals surface area contributed by atoms with Crippen molar-refractivity contribution in [3.63, 3.8) is 0 Å². The fourth-order valence-electron chi connectivity index (χ4n) is 1.87. The largest absolute Gasteiger partial charge is 0.393 e. The van der Waals surface area contributed by atoms with Gasteiger partial charge in [-0.15, -0.1) is 0 Å². The van der Waals surface area contributed by atoms with Crippen LogP contribution in [-0.2, 0) is 0 Å². The SMILES string of the molecule is Cc1cc(-n2[nH]c(C3CC3)c(N)c2=O)ncn1. The van der Waals surface area contributed by atoms with Crippen molar-refractivity contribution in [1.29, 1.82) is 0 Å². The van der Waals surface area contributed by atoms with Crippen LogP contribution in [0.1, 0.15) is 30.1 Å². The Labute approximate surface area is 97.5 Å². The fraction of sp³-hybridized carbons (Fsp3) is 0.364. The normalized spacial score (nSPS) is 15.1. The second-order valence-corrected chi connectivity index (χ2v) is 4.37. The van der Waals surface area contributed by atoms with Crippen LogP contribution in [0.25, 0.3) is 5.82 Å². The molecule has 0 saturated heterocycles. The van der Waals surface area contributed by atoms with Crippen molar-refractivity contribution in [2.45, 2.75) is 25.7 Å². The third-order valence-electron chi connectivity index (χ3n) is 2.96. The molecule has 17 heavy (non-hydrogen) atoms. The van der Waals surface area contributed by atoms with Gasteiger partial charge in [0.05, 0.1) is 5.69 Å². The minimum atomic E-state index is -0.231. The third kappa shape index (κ3) is 1.61. The maximum absolute atomic E-state index is 12.0. The Bertz CT molecular complexity index is 623. The van der Waals surface area contributed by atoms with Crippen molar-refractivity contribution >= 4 is 5.69 Å². The van der Waals surface area contributed by atoms with Crippen molar-refractivity contribution in [2.75, 3.05) is 5.73 Å². The van der Waals surface area contributed by atoms with Gasteiger partial charge in [0.25, 0.3) is 5.56 Å². The molecule has 0 bridgehead atoms. The molecular weight excluding hydrogens is 218 g/mol. The Morgan fingerprint density at radius 1 is 1.47 bits per heavy atom. The monoisotopic (exact) mass is 231 g/mol. The summed E-state index contributed by atoms with van der Waals surface area (Å²) in [6, 6.07) is 1.74. The molecule has 0 aliphatic heterocycles. The third-order valence-corrected chi connectivity index (χ3v) is 2.96. The second kappa shape index (κ2) is 3.44. The van der Waals surface area contributed by atoms with E-state index in [1.54, 1.807) is 6.07 Å². The first-order valence-electron chi connectivity index (χ1n) is 5.56. The van der Waals surface area contributed by atoms with Gasteiger partial charge in [-0.05, 0) is 19.8 Å². The molecule has 1 fully saturated rings. The number of H-pyrrole nitrogens is 1. The second-order valence-electron chi connectivity index (χ2n) is 4.37. The molecule has 1 aliphatic rings. The lowest BCUT2D eigenvalue weighted by atomic mass is 10.3. The van der Waals surface area contributed by atoms with Crippen molar-refractivity contribution in [1.82, 2.24) is 19.7 Å². The first-order chi connectivity index (χ1) is 8.16. The number of nitrogen functional groups attached to an aromatic ring is 1. The van der Waals surface area contributed by atoms with Gasteiger partial charge < -0.3 is 5.73 Å². The molecule has 88 valence electrons. The summed E-state index contributed by atoms with van der Waals surface area (Å²) in [5.41, 5.74) is 7.54. The number of aromatic nitrogens is 4. The number of anilines is 1. The summed E-state index contributed by atoms with van der Waals surface area (Å²) in [5, 5.41) is 3.04. The van der Waals surface area contributed by atoms with E-state index in [1.807, 2.05) is 6.92 Å². The number of nitrogens with one attached hydrogen (secondary N) is 1. The van der Waals surface area contributed by atoms with E-state index in [0.29, 0.717) is 17.4 Å². The first-order valence-corrected chi connectivity index (χ1v) is 5.56. The summed E-state index contributed by atoms with van der Waals surface area (Å²) in [6.07, 6.45) is 3.62. The van der Waals surface area contributed by atoms with E-state index < -0.39 is 0 Å². The molecule has 0 atom stereocenters. The molecule has 6 heteroatoms. The maximum atomic E-state index is 12.0. The van der Waals surface area contributed by atoms with E-state index in [9.17, 15) is 4.79 Å². The summed E-state index contributed by atoms with van der Waals surface area (Å²) in [5.74, 6) is 0.938. The van der Waals surface area contributed by atoms with Gasteiger partial charge in [-0.1, -0.05) is 0 Å². The van der Waals surface area contributed by atoms with Gasteiger partial charge in [-0.25, -0.2) is 9.97 Å². The highest BCUT2D eigenvalue weighted by molar-refractivity contribution is 5.46. The van der Waals surface area contributed by atoms with Crippen molar-refractivity contribution in [3.05, 3.63) is 34.1 Å². The summed E-state index contributed by atoms with van der Waals surface area (Å²) in [7, 11) is 0. The molecule has 1 aliphatic carbocycles. The highest BCUT2D eigenvalue weighted by atomic mass is 16.1. The van der Waals surface area contributed by atoms with Crippen LogP contribution in [-0.4, -0.2) is 19.7 Å². The number of hydrogen-bond acceptors (Lipinski definition) is 4. The lowest BCUT2D eigenvalue weighted by Crippen LogP contribution is -2.18. The number of aromatic amines is 1. The molecule has 0 amide bonds. The van der Waals surface area contributed by atoms with E-state index in [0.717, 1.165) is 24.2 Å². The van der Waals surface area contributed by atoms with Crippen LogP contribution in [0.4, 0.5) is 5.69 Å². The molecule has 0 spiro atoms. The van der Waals surface area contributed by atoms with Crippen molar-refractivity contribution < 1.29 is 0 Å². The van der Waals surface area contributed by atoms with E-state index in [2.05, 4.69) is 15.1 Å². The number of nitrogens with zero attached hydrogens (tertiary/aromatic N) is 3.